The van der Waals surface area contributed by atoms with Crippen LogP contribution in [0.1, 0.15) is 32.1 Å². The molecular weight excluding hydrogens is 356 g/mol. The number of hydrogen-bond donors (Lipinski definition) is 1. The van der Waals surface area contributed by atoms with Gasteiger partial charge in [0.1, 0.15) is 0 Å². The second-order valence-corrected chi connectivity index (χ2v) is 8.04. The Kier molecular flexibility index (Phi) is 6.59. The van der Waals surface area contributed by atoms with Gasteiger partial charge in [0.15, 0.2) is 0 Å². The second-order valence-electron chi connectivity index (χ2n) is 8.04. The maximum Gasteiger partial charge on any atom is 0.317 e. The third kappa shape index (κ3) is 5.11. The molecule has 0 saturated carbocycles. The van der Waals surface area contributed by atoms with E-state index in [0.717, 1.165) is 71.1 Å². The third-order valence-electron chi connectivity index (χ3n) is 6.02. The standard InChI is InChI=1S/C20H32N6O2/c27-20(23-17-5-11-24(12-6-17)16-18-4-1-15-28-18)26-10-3-9-25(13-14-26)19-21-7-2-8-22-19/h2,7-8,17-18H,1,3-6,9-16H2,(H,23,27)/t18-/m0/s1. The molecule has 8 heteroatoms. The quantitative estimate of drug-likeness (QED) is 0.839. The van der Waals surface area contributed by atoms with Crippen molar-refractivity contribution in [2.45, 2.75) is 44.2 Å². The number of amides is 2. The number of carbonyl (C=O) groups excluding carboxylic acids is 1. The molecule has 1 aromatic heterocycles. The average Bonchev–Trinajstić information content (AvgIpc) is 3.11. The second kappa shape index (κ2) is 9.52. The van der Waals surface area contributed by atoms with E-state index in [1.54, 1.807) is 12.4 Å². The van der Waals surface area contributed by atoms with E-state index in [1.807, 2.05) is 11.0 Å². The molecule has 0 unspecified atom stereocenters. The molecule has 0 bridgehead atoms. The van der Waals surface area contributed by atoms with E-state index in [2.05, 4.69) is 25.1 Å². The Morgan fingerprint density at radius 2 is 1.86 bits per heavy atom. The van der Waals surface area contributed by atoms with Crippen molar-refractivity contribution in [2.75, 3.05) is 57.3 Å². The molecule has 1 N–H and O–H groups in total. The van der Waals surface area contributed by atoms with Crippen LogP contribution in [-0.2, 0) is 4.74 Å². The molecule has 3 aliphatic heterocycles. The minimum atomic E-state index is 0.0772. The van der Waals surface area contributed by atoms with E-state index in [-0.39, 0.29) is 12.1 Å². The predicted molar refractivity (Wildman–Crippen MR) is 107 cm³/mol. The Hall–Kier alpha value is -1.93. The van der Waals surface area contributed by atoms with Gasteiger partial charge in [-0.05, 0) is 38.2 Å². The highest BCUT2D eigenvalue weighted by Crippen LogP contribution is 2.17. The van der Waals surface area contributed by atoms with Crippen LogP contribution in [0.4, 0.5) is 10.7 Å². The van der Waals surface area contributed by atoms with Crippen molar-refractivity contribution in [2.24, 2.45) is 0 Å². The predicted octanol–water partition coefficient (Wildman–Crippen LogP) is 1.34. The highest BCUT2D eigenvalue weighted by Gasteiger charge is 2.26. The SMILES string of the molecule is O=C(NC1CCN(C[C@@H]2CCCO2)CC1)N1CCCN(c2ncccn2)CC1. The summed E-state index contributed by atoms with van der Waals surface area (Å²) in [6.45, 7) is 7.21. The summed E-state index contributed by atoms with van der Waals surface area (Å²) in [6, 6.07) is 2.19. The summed E-state index contributed by atoms with van der Waals surface area (Å²) in [4.78, 5) is 28.0. The van der Waals surface area contributed by atoms with Gasteiger partial charge in [-0.1, -0.05) is 0 Å². The number of likely N-dealkylation sites (tertiary alicyclic amines) is 1. The monoisotopic (exact) mass is 388 g/mol. The van der Waals surface area contributed by atoms with Crippen molar-refractivity contribution in [1.82, 2.24) is 25.1 Å². The smallest absolute Gasteiger partial charge is 0.317 e. The molecule has 0 spiro atoms. The lowest BCUT2D eigenvalue weighted by Gasteiger charge is -2.34. The van der Waals surface area contributed by atoms with E-state index in [1.165, 1.54) is 12.8 Å². The van der Waals surface area contributed by atoms with Crippen molar-refractivity contribution in [1.29, 1.82) is 0 Å². The molecule has 2 amide bonds. The van der Waals surface area contributed by atoms with Crippen LogP contribution in [0.25, 0.3) is 0 Å². The molecule has 0 radical (unpaired) electrons. The van der Waals surface area contributed by atoms with E-state index in [4.69, 9.17) is 4.74 Å². The van der Waals surface area contributed by atoms with Crippen molar-refractivity contribution < 1.29 is 9.53 Å². The number of anilines is 1. The van der Waals surface area contributed by atoms with Crippen LogP contribution >= 0.6 is 0 Å². The van der Waals surface area contributed by atoms with Crippen molar-refractivity contribution >= 4 is 12.0 Å². The van der Waals surface area contributed by atoms with Gasteiger partial charge in [0.05, 0.1) is 6.10 Å². The summed E-state index contributed by atoms with van der Waals surface area (Å²) in [5.41, 5.74) is 0. The Labute approximate surface area is 167 Å². The van der Waals surface area contributed by atoms with Crippen LogP contribution in [-0.4, -0.2) is 90.4 Å². The fourth-order valence-electron chi connectivity index (χ4n) is 4.38. The third-order valence-corrected chi connectivity index (χ3v) is 6.02. The number of piperidine rings is 1. The normalized spacial score (nSPS) is 24.9. The Balaban J connectivity index is 1.20. The summed E-state index contributed by atoms with van der Waals surface area (Å²) in [5, 5.41) is 3.26. The zero-order chi connectivity index (χ0) is 19.2. The first-order chi connectivity index (χ1) is 13.8. The van der Waals surface area contributed by atoms with Gasteiger partial charge in [-0.2, -0.15) is 0 Å². The van der Waals surface area contributed by atoms with Gasteiger partial charge in [-0.3, -0.25) is 0 Å². The molecule has 1 aromatic rings. The number of rotatable bonds is 4. The van der Waals surface area contributed by atoms with E-state index < -0.39 is 0 Å². The molecule has 8 nitrogen and oxygen atoms in total. The lowest BCUT2D eigenvalue weighted by Crippen LogP contribution is -2.50. The number of nitrogens with one attached hydrogen (secondary N) is 1. The summed E-state index contributed by atoms with van der Waals surface area (Å²) in [7, 11) is 0. The minimum Gasteiger partial charge on any atom is -0.377 e. The van der Waals surface area contributed by atoms with Gasteiger partial charge in [-0.15, -0.1) is 0 Å². The fraction of sp³-hybridized carbons (Fsp3) is 0.750. The summed E-state index contributed by atoms with van der Waals surface area (Å²) in [5.74, 6) is 0.753. The average molecular weight is 389 g/mol. The Morgan fingerprint density at radius 3 is 2.61 bits per heavy atom. The van der Waals surface area contributed by atoms with Gasteiger partial charge in [-0.25, -0.2) is 14.8 Å². The van der Waals surface area contributed by atoms with Crippen molar-refractivity contribution in [3.63, 3.8) is 0 Å². The summed E-state index contributed by atoms with van der Waals surface area (Å²) >= 11 is 0. The Bertz CT molecular complexity index is 616. The molecule has 4 heterocycles. The summed E-state index contributed by atoms with van der Waals surface area (Å²) < 4.78 is 5.75. The fourth-order valence-corrected chi connectivity index (χ4v) is 4.38. The van der Waals surface area contributed by atoms with Crippen LogP contribution in [0.3, 0.4) is 0 Å². The Morgan fingerprint density at radius 1 is 1.04 bits per heavy atom. The van der Waals surface area contributed by atoms with Crippen molar-refractivity contribution in [3.05, 3.63) is 18.5 Å². The molecule has 4 rings (SSSR count). The highest BCUT2D eigenvalue weighted by molar-refractivity contribution is 5.74. The number of aromatic nitrogens is 2. The van der Waals surface area contributed by atoms with Gasteiger partial charge >= 0.3 is 6.03 Å². The zero-order valence-electron chi connectivity index (χ0n) is 16.6. The molecule has 0 aromatic carbocycles. The van der Waals surface area contributed by atoms with E-state index in [0.29, 0.717) is 12.6 Å². The number of carbonyl (C=O) groups is 1. The number of ether oxygens (including phenoxy) is 1. The van der Waals surface area contributed by atoms with Crippen LogP contribution in [0.15, 0.2) is 18.5 Å². The minimum absolute atomic E-state index is 0.0772. The van der Waals surface area contributed by atoms with Gasteiger partial charge in [0, 0.05) is 70.9 Å². The molecular formula is C20H32N6O2. The zero-order valence-corrected chi connectivity index (χ0v) is 16.6. The van der Waals surface area contributed by atoms with Crippen molar-refractivity contribution in [3.8, 4) is 0 Å². The van der Waals surface area contributed by atoms with Gasteiger partial charge < -0.3 is 24.8 Å². The lowest BCUT2D eigenvalue weighted by molar-refractivity contribution is 0.0628. The van der Waals surface area contributed by atoms with E-state index in [9.17, 15) is 4.79 Å². The molecule has 154 valence electrons. The first-order valence-electron chi connectivity index (χ1n) is 10.7. The first-order valence-corrected chi connectivity index (χ1v) is 10.7. The maximum absolute atomic E-state index is 12.8. The molecule has 28 heavy (non-hydrogen) atoms. The largest absolute Gasteiger partial charge is 0.377 e. The molecule has 1 atom stereocenters. The number of hydrogen-bond acceptors (Lipinski definition) is 6. The molecule has 3 aliphatic rings. The van der Waals surface area contributed by atoms with Crippen LogP contribution in [0, 0.1) is 0 Å². The van der Waals surface area contributed by atoms with Crippen LogP contribution in [0.2, 0.25) is 0 Å². The maximum atomic E-state index is 12.8. The lowest BCUT2D eigenvalue weighted by atomic mass is 10.0. The van der Waals surface area contributed by atoms with E-state index >= 15 is 0 Å². The number of nitrogens with zero attached hydrogens (tertiary/aromatic N) is 5. The number of urea groups is 1. The molecule has 0 aliphatic carbocycles. The molecule has 3 fully saturated rings. The topological polar surface area (TPSA) is 73.8 Å². The van der Waals surface area contributed by atoms with Crippen LogP contribution in [0.5, 0.6) is 0 Å². The first kappa shape index (κ1) is 19.4. The highest BCUT2D eigenvalue weighted by atomic mass is 16.5. The van der Waals surface area contributed by atoms with Gasteiger partial charge in [0.2, 0.25) is 5.95 Å². The molecule has 3 saturated heterocycles. The van der Waals surface area contributed by atoms with Gasteiger partial charge in [0.25, 0.3) is 0 Å². The summed E-state index contributed by atoms with van der Waals surface area (Å²) in [6.07, 6.45) is 9.32. The van der Waals surface area contributed by atoms with Crippen LogP contribution < -0.4 is 10.2 Å².